The van der Waals surface area contributed by atoms with Gasteiger partial charge in [0, 0.05) is 17.4 Å². The zero-order valence-electron chi connectivity index (χ0n) is 12.8. The van der Waals surface area contributed by atoms with Crippen LogP contribution in [0.3, 0.4) is 0 Å². The van der Waals surface area contributed by atoms with Crippen molar-refractivity contribution in [2.24, 2.45) is 0 Å². The van der Waals surface area contributed by atoms with Crippen LogP contribution in [0, 0.1) is 0 Å². The van der Waals surface area contributed by atoms with Crippen LogP contribution in [0.25, 0.3) is 0 Å². The molecule has 0 spiro atoms. The summed E-state index contributed by atoms with van der Waals surface area (Å²) in [5.74, 6) is 0. The van der Waals surface area contributed by atoms with Gasteiger partial charge < -0.3 is 0 Å². The Balaban J connectivity index is 3.30. The lowest BCUT2D eigenvalue weighted by Crippen LogP contribution is -2.19. The first-order valence-electron chi connectivity index (χ1n) is 8.35. The van der Waals surface area contributed by atoms with Gasteiger partial charge in [0.15, 0.2) is 0 Å². The molecule has 0 bridgehead atoms. The average Bonchev–Trinajstić information content (AvgIpc) is 2.36. The summed E-state index contributed by atoms with van der Waals surface area (Å²) in [4.78, 5) is 0. The maximum Gasteiger partial charge on any atom is 0.0238 e. The molecule has 0 aliphatic heterocycles. The van der Waals surface area contributed by atoms with E-state index in [0.717, 1.165) is 0 Å². The minimum atomic E-state index is -0.177. The van der Waals surface area contributed by atoms with Crippen LogP contribution in [0.15, 0.2) is 0 Å². The Morgan fingerprint density at radius 2 is 1.06 bits per heavy atom. The second-order valence-corrected chi connectivity index (χ2v) is 15.3. The lowest BCUT2D eigenvalue weighted by molar-refractivity contribution is 0.647. The largest absolute Gasteiger partial charge is 0.0769 e. The van der Waals surface area contributed by atoms with E-state index in [1.165, 1.54) is 51.4 Å². The van der Waals surface area contributed by atoms with Gasteiger partial charge in [-0.15, -0.1) is 0 Å². The average molecular weight is 273 g/mol. The summed E-state index contributed by atoms with van der Waals surface area (Å²) >= 11 is 0. The molecule has 0 nitrogen and oxygen atoms in total. The summed E-state index contributed by atoms with van der Waals surface area (Å²) in [7, 11) is 0.211. The molecule has 17 heavy (non-hydrogen) atoms. The van der Waals surface area contributed by atoms with Gasteiger partial charge in [-0.3, -0.25) is 0 Å². The highest BCUT2D eigenvalue weighted by molar-refractivity contribution is 7.11. The van der Waals surface area contributed by atoms with E-state index in [4.69, 9.17) is 0 Å². The Morgan fingerprint density at radius 1 is 0.647 bits per heavy atom. The number of hydrogen-bond acceptors (Lipinski definition) is 0. The summed E-state index contributed by atoms with van der Waals surface area (Å²) < 4.78 is 0. The first kappa shape index (κ1) is 17.4. The third-order valence-corrected chi connectivity index (χ3v) is 13.5. The maximum absolute atomic E-state index is 2.58. The molecule has 0 saturated carbocycles. The van der Waals surface area contributed by atoms with Crippen LogP contribution in [-0.2, 0) is 0 Å². The molecule has 0 aromatic heterocycles. The van der Waals surface area contributed by atoms with Crippen molar-refractivity contribution in [3.63, 3.8) is 0 Å². The van der Waals surface area contributed by atoms with Crippen LogP contribution in [0.4, 0.5) is 0 Å². The van der Waals surface area contributed by atoms with Crippen LogP contribution >= 0.6 is 0 Å². The van der Waals surface area contributed by atoms with E-state index < -0.39 is 0 Å². The molecule has 104 valence electrons. The summed E-state index contributed by atoms with van der Waals surface area (Å²) in [6.45, 7) is 7.20. The van der Waals surface area contributed by atoms with E-state index in [0.29, 0.717) is 9.04 Å². The predicted molar refractivity (Wildman–Crippen MR) is 88.7 cm³/mol. The van der Waals surface area contributed by atoms with E-state index in [1.54, 1.807) is 24.9 Å². The second-order valence-electron chi connectivity index (χ2n) is 5.68. The van der Waals surface area contributed by atoms with Crippen LogP contribution in [0.1, 0.15) is 78.1 Å². The standard InChI is InChI=1S/C15H36Si2/c1-4-6-8-10-12-14-17(16-3)15-13-11-9-7-5-2/h17H,4-16H2,1-3H3. The fourth-order valence-corrected chi connectivity index (χ4v) is 9.64. The summed E-state index contributed by atoms with van der Waals surface area (Å²) in [6, 6.07) is 3.39. The molecule has 0 N–H and O–H groups in total. The van der Waals surface area contributed by atoms with Gasteiger partial charge in [-0.2, -0.15) is 0 Å². The highest BCUT2D eigenvalue weighted by Gasteiger charge is 2.07. The minimum Gasteiger partial charge on any atom is -0.0769 e. The Hall–Kier alpha value is 0.434. The smallest absolute Gasteiger partial charge is 0.0238 e. The Morgan fingerprint density at radius 3 is 1.41 bits per heavy atom. The molecule has 0 saturated heterocycles. The van der Waals surface area contributed by atoms with Crippen LogP contribution in [-0.4, -0.2) is 17.4 Å². The SMILES string of the molecule is CCCCCCC[SiH](CCCCCCC)[SiH2]C. The van der Waals surface area contributed by atoms with Crippen molar-refractivity contribution in [2.45, 2.75) is 96.7 Å². The van der Waals surface area contributed by atoms with Crippen LogP contribution < -0.4 is 0 Å². The molecular weight excluding hydrogens is 236 g/mol. The van der Waals surface area contributed by atoms with Gasteiger partial charge in [0.1, 0.15) is 0 Å². The Kier molecular flexibility index (Phi) is 14.9. The quantitative estimate of drug-likeness (QED) is 0.331. The molecular formula is C15H36Si2. The molecule has 0 atom stereocenters. The van der Waals surface area contributed by atoms with Crippen LogP contribution in [0.5, 0.6) is 0 Å². The predicted octanol–water partition coefficient (Wildman–Crippen LogP) is 4.87. The summed E-state index contributed by atoms with van der Waals surface area (Å²) in [5.41, 5.74) is 0. The summed E-state index contributed by atoms with van der Waals surface area (Å²) in [6.07, 6.45) is 14.9. The van der Waals surface area contributed by atoms with Crippen molar-refractivity contribution < 1.29 is 0 Å². The first-order chi connectivity index (χ1) is 8.35. The monoisotopic (exact) mass is 272 g/mol. The van der Waals surface area contributed by atoms with Crippen molar-refractivity contribution in [3.8, 4) is 0 Å². The fraction of sp³-hybridized carbons (Fsp3) is 1.00. The Bertz CT molecular complexity index is 123. The minimum absolute atomic E-state index is 0.177. The van der Waals surface area contributed by atoms with Crippen molar-refractivity contribution in [1.29, 1.82) is 0 Å². The molecule has 0 amide bonds. The van der Waals surface area contributed by atoms with E-state index >= 15 is 0 Å². The second kappa shape index (κ2) is 14.5. The highest BCUT2D eigenvalue weighted by Crippen LogP contribution is 2.13. The first-order valence-corrected chi connectivity index (χ1v) is 14.7. The topological polar surface area (TPSA) is 0 Å². The van der Waals surface area contributed by atoms with Crippen molar-refractivity contribution in [3.05, 3.63) is 0 Å². The van der Waals surface area contributed by atoms with Gasteiger partial charge in [-0.1, -0.05) is 96.7 Å². The van der Waals surface area contributed by atoms with E-state index in [9.17, 15) is 0 Å². The molecule has 0 aromatic rings. The molecule has 0 aliphatic rings. The third-order valence-electron chi connectivity index (χ3n) is 4.01. The maximum atomic E-state index is 2.58. The highest BCUT2D eigenvalue weighted by atomic mass is 29.2. The van der Waals surface area contributed by atoms with Gasteiger partial charge in [0.25, 0.3) is 0 Å². The molecule has 0 heterocycles. The van der Waals surface area contributed by atoms with Gasteiger partial charge in [-0.05, 0) is 0 Å². The molecule has 2 heteroatoms. The number of rotatable bonds is 13. The van der Waals surface area contributed by atoms with Crippen molar-refractivity contribution in [2.75, 3.05) is 0 Å². The zero-order chi connectivity index (χ0) is 12.8. The molecule has 0 rings (SSSR count). The van der Waals surface area contributed by atoms with Crippen LogP contribution in [0.2, 0.25) is 18.6 Å². The van der Waals surface area contributed by atoms with E-state index in [-0.39, 0.29) is 8.31 Å². The van der Waals surface area contributed by atoms with Gasteiger partial charge >= 0.3 is 0 Å². The normalized spacial score (nSPS) is 12.0. The third kappa shape index (κ3) is 12.7. The van der Waals surface area contributed by atoms with Gasteiger partial charge in [0.2, 0.25) is 0 Å². The molecule has 0 fully saturated rings. The molecule has 0 aromatic carbocycles. The molecule has 0 aliphatic carbocycles. The summed E-state index contributed by atoms with van der Waals surface area (Å²) in [5, 5.41) is 0. The molecule has 0 unspecified atom stereocenters. The zero-order valence-corrected chi connectivity index (χ0v) is 15.3. The lowest BCUT2D eigenvalue weighted by atomic mass is 10.2. The lowest BCUT2D eigenvalue weighted by Gasteiger charge is -2.12. The van der Waals surface area contributed by atoms with E-state index in [2.05, 4.69) is 20.4 Å². The van der Waals surface area contributed by atoms with Crippen molar-refractivity contribution >= 4 is 17.4 Å². The fourth-order valence-electron chi connectivity index (χ4n) is 2.63. The number of unbranched alkanes of at least 4 members (excludes halogenated alkanes) is 8. The van der Waals surface area contributed by atoms with Gasteiger partial charge in [0.05, 0.1) is 0 Å². The Labute approximate surface area is 114 Å². The molecule has 0 radical (unpaired) electrons. The van der Waals surface area contributed by atoms with E-state index in [1.807, 2.05) is 0 Å². The van der Waals surface area contributed by atoms with Crippen molar-refractivity contribution in [1.82, 2.24) is 0 Å². The van der Waals surface area contributed by atoms with Gasteiger partial charge in [-0.25, -0.2) is 0 Å². The number of hydrogen-bond donors (Lipinski definition) is 0.